The van der Waals surface area contributed by atoms with Crippen molar-refractivity contribution in [3.63, 3.8) is 0 Å². The van der Waals surface area contributed by atoms with Crippen molar-refractivity contribution in [1.29, 1.82) is 0 Å². The van der Waals surface area contributed by atoms with Crippen molar-refractivity contribution in [2.75, 3.05) is 19.6 Å². The Morgan fingerprint density at radius 3 is 2.86 bits per heavy atom. The summed E-state index contributed by atoms with van der Waals surface area (Å²) in [6.07, 6.45) is 5.51. The van der Waals surface area contributed by atoms with Gasteiger partial charge in [-0.05, 0) is 44.5 Å². The molecule has 1 N–H and O–H groups in total. The number of hydrogen-bond donors (Lipinski definition) is 1. The van der Waals surface area contributed by atoms with Gasteiger partial charge < -0.3 is 10.2 Å². The van der Waals surface area contributed by atoms with E-state index in [1.165, 1.54) is 0 Å². The van der Waals surface area contributed by atoms with Crippen LogP contribution in [0.1, 0.15) is 30.1 Å². The highest BCUT2D eigenvalue weighted by molar-refractivity contribution is 5.97. The maximum Gasteiger partial charge on any atom is 0.254 e. The van der Waals surface area contributed by atoms with Crippen molar-refractivity contribution in [2.45, 2.75) is 25.8 Å². The van der Waals surface area contributed by atoms with Gasteiger partial charge in [-0.1, -0.05) is 0 Å². The van der Waals surface area contributed by atoms with Gasteiger partial charge in [-0.15, -0.1) is 0 Å². The van der Waals surface area contributed by atoms with Crippen LogP contribution in [0.4, 0.5) is 0 Å². The number of rotatable bonds is 3. The zero-order valence-corrected chi connectivity index (χ0v) is 12.2. The summed E-state index contributed by atoms with van der Waals surface area (Å²) in [5, 5.41) is 3.37. The molecule has 0 bridgehead atoms. The average Bonchev–Trinajstić information content (AvgIpc) is 2.56. The molecule has 0 aliphatic carbocycles. The van der Waals surface area contributed by atoms with Crippen LogP contribution in [0.3, 0.4) is 0 Å². The second kappa shape index (κ2) is 6.18. The number of nitrogens with zero attached hydrogens (tertiary/aromatic N) is 3. The van der Waals surface area contributed by atoms with Gasteiger partial charge in [0.05, 0.1) is 11.0 Å². The van der Waals surface area contributed by atoms with Gasteiger partial charge in [0.1, 0.15) is 0 Å². The molecule has 1 fully saturated rings. The van der Waals surface area contributed by atoms with Gasteiger partial charge in [0, 0.05) is 37.1 Å². The largest absolute Gasteiger partial charge is 0.335 e. The molecule has 110 valence electrons. The lowest BCUT2D eigenvalue weighted by Gasteiger charge is -2.34. The summed E-state index contributed by atoms with van der Waals surface area (Å²) in [5.41, 5.74) is 2.27. The predicted octanol–water partition coefficient (Wildman–Crippen LogP) is 1.84. The van der Waals surface area contributed by atoms with E-state index in [0.717, 1.165) is 43.5 Å². The first kappa shape index (κ1) is 13.9. The minimum atomic E-state index is 0.0822. The highest BCUT2D eigenvalue weighted by Crippen LogP contribution is 2.17. The van der Waals surface area contributed by atoms with E-state index in [1.807, 2.05) is 30.0 Å². The number of nitrogens with one attached hydrogen (secondary N) is 1. The third-order valence-corrected chi connectivity index (χ3v) is 4.03. The van der Waals surface area contributed by atoms with Gasteiger partial charge in [-0.25, -0.2) is 0 Å². The van der Waals surface area contributed by atoms with Gasteiger partial charge in [-0.3, -0.25) is 14.8 Å². The summed E-state index contributed by atoms with van der Waals surface area (Å²) in [6, 6.07) is 5.83. The van der Waals surface area contributed by atoms with E-state index >= 15 is 0 Å². The number of benzene rings is 1. The quantitative estimate of drug-likeness (QED) is 0.934. The second-order valence-corrected chi connectivity index (χ2v) is 5.35. The lowest BCUT2D eigenvalue weighted by atomic mass is 10.0. The lowest BCUT2D eigenvalue weighted by Crippen LogP contribution is -2.48. The van der Waals surface area contributed by atoms with E-state index < -0.39 is 0 Å². The lowest BCUT2D eigenvalue weighted by molar-refractivity contribution is 0.0662. The number of piperidine rings is 1. The molecule has 3 rings (SSSR count). The van der Waals surface area contributed by atoms with E-state index in [-0.39, 0.29) is 11.9 Å². The molecule has 1 atom stereocenters. The molecule has 1 aromatic carbocycles. The summed E-state index contributed by atoms with van der Waals surface area (Å²) in [6.45, 7) is 4.69. The Bertz CT molecular complexity index is 637. The summed E-state index contributed by atoms with van der Waals surface area (Å²) >= 11 is 0. The van der Waals surface area contributed by atoms with Gasteiger partial charge in [0.2, 0.25) is 0 Å². The van der Waals surface area contributed by atoms with Crippen molar-refractivity contribution in [1.82, 2.24) is 20.2 Å². The van der Waals surface area contributed by atoms with Crippen LogP contribution in [-0.4, -0.2) is 46.5 Å². The van der Waals surface area contributed by atoms with Crippen LogP contribution in [0.2, 0.25) is 0 Å². The van der Waals surface area contributed by atoms with E-state index in [1.54, 1.807) is 12.4 Å². The Balaban J connectivity index is 1.86. The van der Waals surface area contributed by atoms with Crippen LogP contribution in [-0.2, 0) is 0 Å². The summed E-state index contributed by atoms with van der Waals surface area (Å²) in [4.78, 5) is 23.2. The van der Waals surface area contributed by atoms with E-state index in [4.69, 9.17) is 0 Å². The Hall–Kier alpha value is -2.01. The first-order valence-corrected chi connectivity index (χ1v) is 7.52. The zero-order valence-electron chi connectivity index (χ0n) is 12.2. The first-order chi connectivity index (χ1) is 10.3. The molecule has 1 aliphatic heterocycles. The smallest absolute Gasteiger partial charge is 0.254 e. The van der Waals surface area contributed by atoms with Crippen LogP contribution < -0.4 is 5.32 Å². The Morgan fingerprint density at radius 1 is 1.33 bits per heavy atom. The van der Waals surface area contributed by atoms with E-state index in [9.17, 15) is 4.79 Å². The Labute approximate surface area is 124 Å². The zero-order chi connectivity index (χ0) is 14.7. The van der Waals surface area contributed by atoms with Crippen molar-refractivity contribution in [3.05, 3.63) is 36.2 Å². The standard InChI is InChI=1S/C16H20N4O/c1-2-20(13-4-3-7-17-11-13)16(21)12-5-6-14-15(10-12)19-9-8-18-14/h5-6,8-10,13,17H,2-4,7,11H2,1H3. The van der Waals surface area contributed by atoms with Crippen molar-refractivity contribution in [2.24, 2.45) is 0 Å². The molecule has 21 heavy (non-hydrogen) atoms. The third-order valence-electron chi connectivity index (χ3n) is 4.03. The van der Waals surface area contributed by atoms with Crippen LogP contribution in [0.25, 0.3) is 11.0 Å². The molecule has 2 aromatic rings. The molecular weight excluding hydrogens is 264 g/mol. The summed E-state index contributed by atoms with van der Waals surface area (Å²) in [5.74, 6) is 0.0822. The number of fused-ring (bicyclic) bond motifs is 1. The van der Waals surface area contributed by atoms with Gasteiger partial charge in [0.25, 0.3) is 5.91 Å². The van der Waals surface area contributed by atoms with Gasteiger partial charge >= 0.3 is 0 Å². The number of amides is 1. The maximum atomic E-state index is 12.8. The van der Waals surface area contributed by atoms with Crippen molar-refractivity contribution in [3.8, 4) is 0 Å². The molecule has 1 aromatic heterocycles. The molecule has 0 radical (unpaired) electrons. The minimum Gasteiger partial charge on any atom is -0.335 e. The summed E-state index contributed by atoms with van der Waals surface area (Å²) < 4.78 is 0. The molecule has 5 heteroatoms. The van der Waals surface area contributed by atoms with E-state index in [0.29, 0.717) is 5.56 Å². The highest BCUT2D eigenvalue weighted by atomic mass is 16.2. The normalized spacial score (nSPS) is 18.6. The first-order valence-electron chi connectivity index (χ1n) is 7.52. The van der Waals surface area contributed by atoms with Crippen LogP contribution in [0.5, 0.6) is 0 Å². The highest BCUT2D eigenvalue weighted by Gasteiger charge is 2.25. The second-order valence-electron chi connectivity index (χ2n) is 5.35. The van der Waals surface area contributed by atoms with Crippen molar-refractivity contribution >= 4 is 16.9 Å². The predicted molar refractivity (Wildman–Crippen MR) is 82.1 cm³/mol. The Morgan fingerprint density at radius 2 is 2.14 bits per heavy atom. The van der Waals surface area contributed by atoms with Gasteiger partial charge in [0.15, 0.2) is 0 Å². The van der Waals surface area contributed by atoms with Crippen LogP contribution in [0.15, 0.2) is 30.6 Å². The molecular formula is C16H20N4O. The molecule has 1 saturated heterocycles. The van der Waals surface area contributed by atoms with Gasteiger partial charge in [-0.2, -0.15) is 0 Å². The molecule has 0 spiro atoms. The number of likely N-dealkylation sites (N-methyl/N-ethyl adjacent to an activating group) is 1. The average molecular weight is 284 g/mol. The molecule has 5 nitrogen and oxygen atoms in total. The topological polar surface area (TPSA) is 58.1 Å². The number of aromatic nitrogens is 2. The monoisotopic (exact) mass is 284 g/mol. The number of hydrogen-bond acceptors (Lipinski definition) is 4. The van der Waals surface area contributed by atoms with Crippen LogP contribution >= 0.6 is 0 Å². The minimum absolute atomic E-state index is 0.0822. The van der Waals surface area contributed by atoms with Crippen LogP contribution in [0, 0.1) is 0 Å². The molecule has 0 saturated carbocycles. The number of carbonyl (C=O) groups is 1. The fourth-order valence-electron chi connectivity index (χ4n) is 2.93. The van der Waals surface area contributed by atoms with E-state index in [2.05, 4.69) is 15.3 Å². The molecule has 1 unspecified atom stereocenters. The molecule has 1 aliphatic rings. The fourth-order valence-corrected chi connectivity index (χ4v) is 2.93. The third kappa shape index (κ3) is 2.88. The number of carbonyl (C=O) groups excluding carboxylic acids is 1. The van der Waals surface area contributed by atoms with Crippen molar-refractivity contribution < 1.29 is 4.79 Å². The maximum absolute atomic E-state index is 12.8. The summed E-state index contributed by atoms with van der Waals surface area (Å²) in [7, 11) is 0. The Kier molecular flexibility index (Phi) is 4.10. The fraction of sp³-hybridized carbons (Fsp3) is 0.438. The SMILES string of the molecule is CCN(C(=O)c1ccc2nccnc2c1)C1CCCNC1. The molecule has 1 amide bonds. The molecule has 2 heterocycles.